The van der Waals surface area contributed by atoms with Gasteiger partial charge >= 0.3 is 0 Å². The van der Waals surface area contributed by atoms with Gasteiger partial charge in [0, 0.05) is 44.3 Å². The molecule has 1 aliphatic heterocycles. The summed E-state index contributed by atoms with van der Waals surface area (Å²) in [6.07, 6.45) is 0. The molecule has 1 spiro atoms. The topological polar surface area (TPSA) is 86.8 Å². The van der Waals surface area contributed by atoms with E-state index in [1.165, 1.54) is 0 Å². The number of para-hydroxylation sites is 3. The molecule has 7 nitrogen and oxygen atoms in total. The molecule has 0 bridgehead atoms. The zero-order chi connectivity index (χ0) is 41.5. The third kappa shape index (κ3) is 5.30. The Labute approximate surface area is 362 Å². The van der Waals surface area contributed by atoms with Gasteiger partial charge in [0.2, 0.25) is 0 Å². The number of furan rings is 1. The molecule has 0 fully saturated rings. The van der Waals surface area contributed by atoms with Crippen LogP contribution in [-0.4, -0.2) is 24.9 Å². The molecule has 11 aromatic rings. The molecule has 0 radical (unpaired) electrons. The highest BCUT2D eigenvalue weighted by Crippen LogP contribution is 2.63. The lowest BCUT2D eigenvalue weighted by atomic mass is 9.66. The number of hydrogen-bond acceptors (Lipinski definition) is 7. The molecule has 3 aromatic heterocycles. The molecule has 8 aromatic carbocycles. The quantitative estimate of drug-likeness (QED) is 0.171. The van der Waals surface area contributed by atoms with Crippen molar-refractivity contribution in [3.8, 4) is 79.4 Å². The number of ether oxygens (including phenoxy) is 1. The first-order chi connectivity index (χ1) is 31.2. The van der Waals surface area contributed by atoms with E-state index in [0.29, 0.717) is 28.9 Å². The van der Waals surface area contributed by atoms with E-state index in [1.807, 2.05) is 109 Å². The lowest BCUT2D eigenvalue weighted by molar-refractivity contribution is 0.436. The van der Waals surface area contributed by atoms with Gasteiger partial charge in [-0.1, -0.05) is 170 Å². The molecule has 7 heteroatoms. The highest BCUT2D eigenvalue weighted by Gasteiger charge is 2.52. The van der Waals surface area contributed by atoms with Crippen molar-refractivity contribution in [2.24, 2.45) is 0 Å². The minimum Gasteiger partial charge on any atom is -0.457 e. The minimum absolute atomic E-state index is 0.576. The Morgan fingerprint density at radius 2 is 0.921 bits per heavy atom. The van der Waals surface area contributed by atoms with Crippen LogP contribution >= 0.6 is 0 Å². The maximum Gasteiger partial charge on any atom is 0.180 e. The average Bonchev–Trinajstić information content (AvgIpc) is 3.88. The first kappa shape index (κ1) is 35.2. The second-order valence-corrected chi connectivity index (χ2v) is 15.9. The zero-order valence-electron chi connectivity index (χ0n) is 33.6. The smallest absolute Gasteiger partial charge is 0.180 e. The van der Waals surface area contributed by atoms with Gasteiger partial charge in [-0.15, -0.1) is 0 Å². The molecular weight excluding hydrogens is 775 g/mol. The maximum atomic E-state index is 6.70. The van der Waals surface area contributed by atoms with Gasteiger partial charge in [0.25, 0.3) is 0 Å². The molecule has 0 N–H and O–H groups in total. The highest BCUT2D eigenvalue weighted by atomic mass is 16.5. The molecule has 63 heavy (non-hydrogen) atoms. The van der Waals surface area contributed by atoms with Gasteiger partial charge in [0.15, 0.2) is 28.9 Å². The zero-order valence-corrected chi connectivity index (χ0v) is 33.6. The van der Waals surface area contributed by atoms with Crippen LogP contribution in [0.2, 0.25) is 0 Å². The Kier molecular flexibility index (Phi) is 7.68. The van der Waals surface area contributed by atoms with E-state index < -0.39 is 5.41 Å². The second kappa shape index (κ2) is 13.7. The molecule has 0 saturated carbocycles. The monoisotopic (exact) mass is 807 g/mol. The van der Waals surface area contributed by atoms with E-state index in [1.54, 1.807) is 0 Å². The molecule has 0 amide bonds. The number of nitrogens with zero attached hydrogens (tertiary/aromatic N) is 5. The van der Waals surface area contributed by atoms with Gasteiger partial charge < -0.3 is 9.15 Å². The van der Waals surface area contributed by atoms with Gasteiger partial charge in [-0.2, -0.15) is 0 Å². The summed E-state index contributed by atoms with van der Waals surface area (Å²) in [5, 5.41) is 0.936. The Balaban J connectivity index is 1.12. The van der Waals surface area contributed by atoms with E-state index in [4.69, 9.17) is 34.1 Å². The number of hydrogen-bond donors (Lipinski definition) is 0. The number of fused-ring (bicyclic) bond motifs is 12. The van der Waals surface area contributed by atoms with E-state index in [9.17, 15) is 0 Å². The van der Waals surface area contributed by atoms with Gasteiger partial charge in [0.1, 0.15) is 28.3 Å². The van der Waals surface area contributed by atoms with Crippen molar-refractivity contribution in [1.29, 1.82) is 0 Å². The van der Waals surface area contributed by atoms with Crippen LogP contribution in [0, 0.1) is 0 Å². The van der Waals surface area contributed by atoms with Crippen molar-refractivity contribution in [1.82, 2.24) is 24.9 Å². The van der Waals surface area contributed by atoms with Gasteiger partial charge in [-0.05, 0) is 52.6 Å². The fraction of sp³-hybridized carbons (Fsp3) is 0.0179. The van der Waals surface area contributed by atoms with E-state index in [2.05, 4.69) is 91.0 Å². The van der Waals surface area contributed by atoms with Crippen molar-refractivity contribution in [2.45, 2.75) is 5.41 Å². The standard InChI is InChI=1S/C56H33N5O2/c1-4-17-34(18-5-1)49-51-50(38-23-10-13-28-45(38)63-51)58-55(57-49)39-24-16-27-44-48(39)40-33-37(54-60-52(35-19-6-2-7-20-35)59-53(61-54)36-21-8-3-9-22-36)31-32-41(40)56(44)42-25-11-14-29-46(42)62-47-30-15-12-26-43(47)56/h1-33H. The highest BCUT2D eigenvalue weighted by molar-refractivity contribution is 6.07. The molecule has 0 unspecified atom stereocenters. The average molecular weight is 808 g/mol. The van der Waals surface area contributed by atoms with Gasteiger partial charge in [-0.25, -0.2) is 24.9 Å². The van der Waals surface area contributed by atoms with Crippen molar-refractivity contribution in [3.63, 3.8) is 0 Å². The summed E-state index contributed by atoms with van der Waals surface area (Å²) in [7, 11) is 0. The van der Waals surface area contributed by atoms with Crippen LogP contribution < -0.4 is 4.74 Å². The molecule has 4 heterocycles. The molecule has 0 saturated heterocycles. The molecule has 2 aliphatic rings. The fourth-order valence-corrected chi connectivity index (χ4v) is 9.72. The Hall–Kier alpha value is -8.55. The van der Waals surface area contributed by atoms with Gasteiger partial charge in [0.05, 0.1) is 5.41 Å². The van der Waals surface area contributed by atoms with E-state index in [0.717, 1.165) is 94.9 Å². The predicted molar refractivity (Wildman–Crippen MR) is 247 cm³/mol. The summed E-state index contributed by atoms with van der Waals surface area (Å²) in [6, 6.07) is 68.4. The third-order valence-corrected chi connectivity index (χ3v) is 12.4. The van der Waals surface area contributed by atoms with Crippen LogP contribution in [0.25, 0.3) is 90.0 Å². The fourth-order valence-electron chi connectivity index (χ4n) is 9.72. The predicted octanol–water partition coefficient (Wildman–Crippen LogP) is 13.4. The molecular formula is C56H33N5O2. The van der Waals surface area contributed by atoms with Crippen LogP contribution in [0.4, 0.5) is 0 Å². The second-order valence-electron chi connectivity index (χ2n) is 15.9. The summed E-state index contributed by atoms with van der Waals surface area (Å²) in [5.41, 5.74) is 13.2. The molecule has 1 aliphatic carbocycles. The normalized spacial score (nSPS) is 13.0. The number of benzene rings is 8. The van der Waals surface area contributed by atoms with Gasteiger partial charge in [-0.3, -0.25) is 0 Å². The van der Waals surface area contributed by atoms with Crippen molar-refractivity contribution in [3.05, 3.63) is 222 Å². The Morgan fingerprint density at radius 1 is 0.365 bits per heavy atom. The first-order valence-electron chi connectivity index (χ1n) is 21.0. The van der Waals surface area contributed by atoms with Crippen LogP contribution in [-0.2, 0) is 5.41 Å². The van der Waals surface area contributed by atoms with Crippen LogP contribution in [0.5, 0.6) is 11.5 Å². The number of rotatable bonds is 5. The summed E-state index contributed by atoms with van der Waals surface area (Å²) in [6.45, 7) is 0. The van der Waals surface area contributed by atoms with Crippen molar-refractivity contribution < 1.29 is 9.15 Å². The van der Waals surface area contributed by atoms with Crippen molar-refractivity contribution >= 4 is 22.1 Å². The Bertz CT molecular complexity index is 3500. The summed E-state index contributed by atoms with van der Waals surface area (Å²) in [4.78, 5) is 26.1. The first-order valence-corrected chi connectivity index (χ1v) is 21.0. The lowest BCUT2D eigenvalue weighted by Crippen LogP contribution is -2.32. The van der Waals surface area contributed by atoms with Crippen LogP contribution in [0.1, 0.15) is 22.3 Å². The SMILES string of the molecule is c1ccc(-c2nc(-c3ccccc3)nc(-c3ccc4c(c3)-c3c(-c5nc(-c6ccccc6)c6oc7ccccc7c6n5)cccc3C43c4ccccc4Oc4ccccc43)n2)cc1. The number of aromatic nitrogens is 5. The minimum atomic E-state index is -0.733. The van der Waals surface area contributed by atoms with Crippen molar-refractivity contribution in [2.75, 3.05) is 0 Å². The molecule has 0 atom stereocenters. The third-order valence-electron chi connectivity index (χ3n) is 12.4. The molecule has 294 valence electrons. The Morgan fingerprint density at radius 3 is 1.59 bits per heavy atom. The largest absolute Gasteiger partial charge is 0.457 e. The summed E-state index contributed by atoms with van der Waals surface area (Å²) >= 11 is 0. The molecule has 13 rings (SSSR count). The van der Waals surface area contributed by atoms with Crippen LogP contribution in [0.3, 0.4) is 0 Å². The summed E-state index contributed by atoms with van der Waals surface area (Å²) < 4.78 is 13.2. The van der Waals surface area contributed by atoms with E-state index >= 15 is 0 Å². The van der Waals surface area contributed by atoms with Crippen LogP contribution in [0.15, 0.2) is 205 Å². The summed E-state index contributed by atoms with van der Waals surface area (Å²) in [5.74, 6) is 4.02. The lowest BCUT2D eigenvalue weighted by Gasteiger charge is -2.39. The van der Waals surface area contributed by atoms with E-state index in [-0.39, 0.29) is 0 Å². The maximum absolute atomic E-state index is 6.70.